The third-order valence-corrected chi connectivity index (χ3v) is 8.36. The third kappa shape index (κ3) is 8.22. The van der Waals surface area contributed by atoms with Gasteiger partial charge in [-0.25, -0.2) is 12.8 Å². The zero-order chi connectivity index (χ0) is 31.2. The predicted molar refractivity (Wildman–Crippen MR) is 152 cm³/mol. The summed E-state index contributed by atoms with van der Waals surface area (Å²) in [4.78, 5) is 27.6. The minimum atomic E-state index is -4.83. The van der Waals surface area contributed by atoms with E-state index in [2.05, 4.69) is 5.32 Å². The highest BCUT2D eigenvalue weighted by Gasteiger charge is 2.36. The Labute approximate surface area is 247 Å². The number of nitrogens with one attached hydrogen (secondary N) is 1. The first-order chi connectivity index (χ1) is 19.6. The van der Waals surface area contributed by atoms with Crippen LogP contribution < -0.4 is 9.62 Å². The molecule has 0 spiro atoms. The number of benzene rings is 3. The Hall–Kier alpha value is -3.64. The summed E-state index contributed by atoms with van der Waals surface area (Å²) in [5, 5.41) is 2.37. The molecule has 226 valence electrons. The van der Waals surface area contributed by atoms with E-state index in [0.717, 1.165) is 23.1 Å². The minimum Gasteiger partial charge on any atom is -0.354 e. The van der Waals surface area contributed by atoms with Crippen molar-refractivity contribution in [3.63, 3.8) is 0 Å². The van der Waals surface area contributed by atoms with Crippen LogP contribution >= 0.6 is 11.6 Å². The maximum absolute atomic E-state index is 13.9. The summed E-state index contributed by atoms with van der Waals surface area (Å²) in [7, 11) is -4.63. The van der Waals surface area contributed by atoms with E-state index >= 15 is 0 Å². The molecule has 0 aromatic heterocycles. The molecule has 0 bridgehead atoms. The monoisotopic (exact) mass is 627 g/mol. The highest BCUT2D eigenvalue weighted by molar-refractivity contribution is 7.92. The quantitative estimate of drug-likeness (QED) is 0.269. The van der Waals surface area contributed by atoms with Crippen LogP contribution in [0.2, 0.25) is 5.02 Å². The van der Waals surface area contributed by atoms with E-state index in [0.29, 0.717) is 28.5 Å². The predicted octanol–water partition coefficient (Wildman–Crippen LogP) is 5.88. The van der Waals surface area contributed by atoms with Gasteiger partial charge in [0.15, 0.2) is 0 Å². The third-order valence-electron chi connectivity index (χ3n) is 6.27. The van der Waals surface area contributed by atoms with Crippen LogP contribution in [-0.4, -0.2) is 44.3 Å². The van der Waals surface area contributed by atoms with Crippen LogP contribution in [0.4, 0.5) is 23.2 Å². The molecule has 0 fully saturated rings. The fraction of sp³-hybridized carbons (Fsp3) is 0.310. The zero-order valence-corrected chi connectivity index (χ0v) is 24.6. The van der Waals surface area contributed by atoms with Crippen LogP contribution in [-0.2, 0) is 32.3 Å². The van der Waals surface area contributed by atoms with Gasteiger partial charge in [0.1, 0.15) is 18.4 Å². The average Bonchev–Trinajstić information content (AvgIpc) is 2.94. The number of halogens is 5. The molecule has 7 nitrogen and oxygen atoms in total. The van der Waals surface area contributed by atoms with Gasteiger partial charge in [0.05, 0.1) is 21.2 Å². The Kier molecular flexibility index (Phi) is 10.6. The van der Waals surface area contributed by atoms with Crippen molar-refractivity contribution in [2.45, 2.75) is 44.4 Å². The second-order valence-corrected chi connectivity index (χ2v) is 12.2. The van der Waals surface area contributed by atoms with Crippen LogP contribution in [0.1, 0.15) is 31.9 Å². The summed E-state index contributed by atoms with van der Waals surface area (Å²) in [6, 6.07) is 13.0. The van der Waals surface area contributed by atoms with Gasteiger partial charge in [0.2, 0.25) is 11.8 Å². The molecule has 0 aliphatic rings. The lowest BCUT2D eigenvalue weighted by Gasteiger charge is -2.32. The van der Waals surface area contributed by atoms with E-state index in [9.17, 15) is 35.6 Å². The van der Waals surface area contributed by atoms with E-state index in [4.69, 9.17) is 11.6 Å². The molecule has 13 heteroatoms. The van der Waals surface area contributed by atoms with Gasteiger partial charge in [-0.2, -0.15) is 13.2 Å². The van der Waals surface area contributed by atoms with Crippen molar-refractivity contribution in [1.82, 2.24) is 10.2 Å². The van der Waals surface area contributed by atoms with Crippen LogP contribution in [0.15, 0.2) is 77.7 Å². The molecule has 2 amide bonds. The lowest BCUT2D eigenvalue weighted by molar-refractivity contribution is -0.139. The number of carbonyl (C=O) groups is 2. The molecule has 0 saturated heterocycles. The molecule has 3 rings (SSSR count). The van der Waals surface area contributed by atoms with Crippen LogP contribution in [0.3, 0.4) is 0 Å². The molecule has 0 radical (unpaired) electrons. The lowest BCUT2D eigenvalue weighted by Crippen LogP contribution is -2.51. The average molecular weight is 628 g/mol. The first-order valence-electron chi connectivity index (χ1n) is 12.9. The molecule has 0 aliphatic carbocycles. The normalized spacial score (nSPS) is 12.6. The maximum Gasteiger partial charge on any atom is 0.416 e. The summed E-state index contributed by atoms with van der Waals surface area (Å²) in [5.74, 6) is -1.87. The molecule has 0 saturated carbocycles. The number of hydrogen-bond donors (Lipinski definition) is 1. The smallest absolute Gasteiger partial charge is 0.354 e. The van der Waals surface area contributed by atoms with Crippen molar-refractivity contribution in [3.8, 4) is 0 Å². The number of rotatable bonds is 11. The molecule has 3 aromatic carbocycles. The highest BCUT2D eigenvalue weighted by atomic mass is 35.5. The largest absolute Gasteiger partial charge is 0.416 e. The van der Waals surface area contributed by atoms with Crippen molar-refractivity contribution >= 4 is 39.1 Å². The molecular formula is C29H30ClF4N3O4S. The standard InChI is InChI=1S/C29H30ClF4N3O4S/c1-19(2)16-35-28(39)20(3)36(17-21-9-12-23(31)13-10-21)27(38)18-37(42(40,41)24-7-5-4-6-8-24)26-15-22(29(32,33)34)11-14-25(26)30/h4-15,19-20H,16-18H2,1-3H3,(H,35,39)/t20-/m0/s1. The van der Waals surface area contributed by atoms with Gasteiger partial charge in [-0.05, 0) is 60.9 Å². The summed E-state index contributed by atoms with van der Waals surface area (Å²) in [6.07, 6.45) is -4.83. The summed E-state index contributed by atoms with van der Waals surface area (Å²) in [5.41, 5.74) is -1.31. The Bertz CT molecular complexity index is 1500. The molecule has 0 unspecified atom stereocenters. The first-order valence-corrected chi connectivity index (χ1v) is 14.7. The van der Waals surface area contributed by atoms with Crippen molar-refractivity contribution in [2.75, 3.05) is 17.4 Å². The molecular weight excluding hydrogens is 598 g/mol. The van der Waals surface area contributed by atoms with E-state index in [1.165, 1.54) is 43.3 Å². The highest BCUT2D eigenvalue weighted by Crippen LogP contribution is 2.37. The van der Waals surface area contributed by atoms with E-state index in [1.807, 2.05) is 13.8 Å². The van der Waals surface area contributed by atoms with Gasteiger partial charge in [0, 0.05) is 13.1 Å². The molecule has 0 aliphatic heterocycles. The van der Waals surface area contributed by atoms with Crippen molar-refractivity contribution in [3.05, 3.63) is 94.8 Å². The van der Waals surface area contributed by atoms with Crippen molar-refractivity contribution < 1.29 is 35.6 Å². The summed E-state index contributed by atoms with van der Waals surface area (Å²) < 4.78 is 82.4. The van der Waals surface area contributed by atoms with E-state index < -0.39 is 57.7 Å². The van der Waals surface area contributed by atoms with Crippen molar-refractivity contribution in [2.24, 2.45) is 5.92 Å². The van der Waals surface area contributed by atoms with Crippen LogP contribution in [0, 0.1) is 11.7 Å². The maximum atomic E-state index is 13.9. The molecule has 1 atom stereocenters. The number of nitrogens with zero attached hydrogens (tertiary/aromatic N) is 2. The summed E-state index contributed by atoms with van der Waals surface area (Å²) in [6.45, 7) is 4.28. The summed E-state index contributed by atoms with van der Waals surface area (Å²) >= 11 is 6.23. The van der Waals surface area contributed by atoms with Gasteiger partial charge in [-0.15, -0.1) is 0 Å². The minimum absolute atomic E-state index is 0.0944. The first kappa shape index (κ1) is 32.9. The fourth-order valence-corrected chi connectivity index (χ4v) is 5.65. The Morgan fingerprint density at radius 3 is 2.14 bits per heavy atom. The number of hydrogen-bond acceptors (Lipinski definition) is 4. The van der Waals surface area contributed by atoms with Crippen LogP contribution in [0.25, 0.3) is 0 Å². The topological polar surface area (TPSA) is 86.8 Å². The Balaban J connectivity index is 2.10. The Morgan fingerprint density at radius 1 is 0.952 bits per heavy atom. The number of alkyl halides is 3. The van der Waals surface area contributed by atoms with Gasteiger partial charge in [0.25, 0.3) is 10.0 Å². The number of amides is 2. The van der Waals surface area contributed by atoms with Gasteiger partial charge in [-0.1, -0.05) is 55.8 Å². The molecule has 0 heterocycles. The zero-order valence-electron chi connectivity index (χ0n) is 23.0. The number of sulfonamides is 1. The SMILES string of the molecule is CC(C)CNC(=O)[C@H](C)N(Cc1ccc(F)cc1)C(=O)CN(c1cc(C(F)(F)F)ccc1Cl)S(=O)(=O)c1ccccc1. The number of carbonyl (C=O) groups excluding carboxylic acids is 2. The van der Waals surface area contributed by atoms with Crippen LogP contribution in [0.5, 0.6) is 0 Å². The van der Waals surface area contributed by atoms with Gasteiger partial charge >= 0.3 is 6.18 Å². The molecule has 42 heavy (non-hydrogen) atoms. The van der Waals surface area contributed by atoms with E-state index in [-0.39, 0.29) is 22.4 Å². The van der Waals surface area contributed by atoms with Crippen molar-refractivity contribution in [1.29, 1.82) is 0 Å². The van der Waals surface area contributed by atoms with E-state index in [1.54, 1.807) is 6.07 Å². The van der Waals surface area contributed by atoms with Gasteiger partial charge in [-0.3, -0.25) is 13.9 Å². The Morgan fingerprint density at radius 2 is 1.57 bits per heavy atom. The molecule has 1 N–H and O–H groups in total. The fourth-order valence-electron chi connectivity index (χ4n) is 3.93. The second-order valence-electron chi connectivity index (χ2n) is 9.95. The lowest BCUT2D eigenvalue weighted by atomic mass is 10.1. The second kappa shape index (κ2) is 13.6. The number of anilines is 1. The molecule has 3 aromatic rings. The van der Waals surface area contributed by atoms with Gasteiger partial charge < -0.3 is 10.2 Å².